The molecule has 8 atom stereocenters. The monoisotopic (exact) mass is 1860 g/mol. The van der Waals surface area contributed by atoms with E-state index in [4.69, 9.17) is 42.6 Å². The lowest BCUT2D eigenvalue weighted by Gasteiger charge is -2.26. The van der Waals surface area contributed by atoms with E-state index in [1.165, 1.54) is 37.5 Å². The minimum Gasteiger partial charge on any atom is -0.494 e. The van der Waals surface area contributed by atoms with E-state index in [0.29, 0.717) is 192 Å². The topological polar surface area (TPSA) is 565 Å². The summed E-state index contributed by atoms with van der Waals surface area (Å²) in [6, 6.07) is 8.41. The first-order valence-electron chi connectivity index (χ1n) is 48.6. The number of carbonyl (C=O) groups excluding carboxylic acids is 12. The second-order valence-corrected chi connectivity index (χ2v) is 36.1. The van der Waals surface area contributed by atoms with Crippen LogP contribution in [-0.2, 0) is 73.5 Å². The van der Waals surface area contributed by atoms with Gasteiger partial charge in [-0.2, -0.15) is 0 Å². The summed E-state index contributed by atoms with van der Waals surface area (Å²) in [5.74, 6) is -8.22. The molecule has 0 aliphatic carbocycles. The number of ether oxygens (including phenoxy) is 2. The number of nitrogens with zero attached hydrogens (tertiary/aromatic N) is 1. The number of carbonyl (C=O) groups is 16. The van der Waals surface area contributed by atoms with Gasteiger partial charge in [-0.05, 0) is 190 Å². The number of H-pyrrole nitrogens is 1. The summed E-state index contributed by atoms with van der Waals surface area (Å²) >= 11 is 0. The number of imidazole rings is 1. The van der Waals surface area contributed by atoms with Crippen LogP contribution in [0.1, 0.15) is 365 Å². The van der Waals surface area contributed by atoms with Gasteiger partial charge >= 0.3 is 23.9 Å². The fourth-order valence-corrected chi connectivity index (χ4v) is 15.6. The Labute approximate surface area is 783 Å². The number of hydrogen-bond acceptors (Lipinski definition) is 23. The SMILES string of the molecule is CC(=O)[C@H](CCCCNC(=O)[C@@H](N)CCCCNC(=O)[C@@H](N)CCCCCC(=O)CC[C@H](NC(=O)CCCCCCCCCCOc1ccc(C(=O)O)cc1)C(=O)O)CC(=O)[C@H](CCCCNC(=O)[C@@H](N)CCCCCC(=O)[C@@H](N)CCCCNC(=O)CC[C@H](CC(=O)CCCCCCCCCCOc1ccc(C(=O)O)cc1)C(=O)O)CC(=O)C(C)(C)CC(=O)CCc1cnc[nH]1.[HH].[HH]. The molecule has 18 N–H and O–H groups in total. The molecule has 33 heteroatoms. The first-order chi connectivity index (χ1) is 63.1. The van der Waals surface area contributed by atoms with Crippen molar-refractivity contribution in [3.63, 3.8) is 0 Å². The Morgan fingerprint density at radius 1 is 0.386 bits per heavy atom. The maximum absolute atomic E-state index is 14.3. The molecule has 0 spiro atoms. The van der Waals surface area contributed by atoms with Crippen molar-refractivity contribution in [1.29, 1.82) is 0 Å². The number of unbranched alkanes of at least 4 members (excludes halogenated alkanes) is 22. The molecule has 744 valence electrons. The Hall–Kier alpha value is -9.99. The van der Waals surface area contributed by atoms with Crippen molar-refractivity contribution in [1.82, 2.24) is 36.6 Å². The first kappa shape index (κ1) is 116. The molecule has 33 nitrogen and oxygen atoms in total. The van der Waals surface area contributed by atoms with E-state index in [0.717, 1.165) is 95.6 Å². The van der Waals surface area contributed by atoms with Crippen molar-refractivity contribution in [3.8, 4) is 11.5 Å². The predicted molar refractivity (Wildman–Crippen MR) is 507 cm³/mol. The number of nitrogens with one attached hydrogen (secondary N) is 6. The maximum Gasteiger partial charge on any atom is 0.335 e. The number of ketones is 7. The highest BCUT2D eigenvalue weighted by molar-refractivity contribution is 5.95. The van der Waals surface area contributed by atoms with E-state index in [9.17, 15) is 86.9 Å². The number of nitrogens with two attached hydrogens (primary N) is 4. The van der Waals surface area contributed by atoms with Crippen LogP contribution in [0.2, 0.25) is 0 Å². The quantitative estimate of drug-likeness (QED) is 0.0233. The number of aromatic carboxylic acids is 2. The van der Waals surface area contributed by atoms with Crippen molar-refractivity contribution in [3.05, 3.63) is 77.9 Å². The summed E-state index contributed by atoms with van der Waals surface area (Å²) in [7, 11) is 0. The number of hydrogen-bond donors (Lipinski definition) is 14. The molecule has 0 bridgehead atoms. The highest BCUT2D eigenvalue weighted by atomic mass is 16.5. The van der Waals surface area contributed by atoms with Gasteiger partial charge in [-0.1, -0.05) is 129 Å². The smallest absolute Gasteiger partial charge is 0.335 e. The Balaban J connectivity index is 0.0000449. The maximum atomic E-state index is 14.3. The highest BCUT2D eigenvalue weighted by Gasteiger charge is 2.35. The zero-order valence-corrected chi connectivity index (χ0v) is 78.9. The summed E-state index contributed by atoms with van der Waals surface area (Å²) < 4.78 is 11.4. The average Bonchev–Trinajstić information content (AvgIpc) is 0.915. The molecule has 2 aromatic carbocycles. The van der Waals surface area contributed by atoms with Gasteiger partial charge in [-0.3, -0.25) is 62.3 Å². The van der Waals surface area contributed by atoms with E-state index in [1.54, 1.807) is 44.3 Å². The standard InChI is InChI=1S/C99H157N11O22.2H2/c1-70(111)73(34-24-28-59-106-94(122)85(103)41-27-31-61-108-93(121)83(101)39-20-16-19-36-77(112)51-56-86(98(129)130)110-91(119)43-23-13-9-5-7-11-15-33-63-132-81-54-46-72(47-55-81)96(125)126)65-88(116)74(66-89(117)99(2,3)67-79(114)50-49-76-68-104-69-109-76)35-25-29-60-107-92(120)84(102)40-21-17-22-42-87(115)82(100)38-26-30-58-105-90(118)57-48-75(97(127)128)64-78(113)37-18-12-8-4-6-10-14-32-62-131-80-52-44-71(45-53-80)95(123)124;;/h44-47,52-55,68-69,73-75,82-86H,4-43,48-51,56-67,100-103H2,1-3H3,(H,104,109)(H,105,118)(H,106,122)(H,107,120)(H,108,121)(H,110,119)(H,123,124)(H,125,126)(H,127,128)(H,129,130);2*1H/t73-,74-,75-,82+,83+,84+,85+,86+;;/m1../s1. The van der Waals surface area contributed by atoms with Crippen LogP contribution in [0, 0.1) is 23.2 Å². The van der Waals surface area contributed by atoms with E-state index in [1.807, 2.05) is 0 Å². The summed E-state index contributed by atoms with van der Waals surface area (Å²) in [5.41, 5.74) is 25.0. The molecule has 5 amide bonds. The first-order valence-corrected chi connectivity index (χ1v) is 48.6. The predicted octanol–water partition coefficient (Wildman–Crippen LogP) is 13.4. The number of benzene rings is 2. The number of aliphatic carboxylic acids is 2. The van der Waals surface area contributed by atoms with Gasteiger partial charge in [-0.25, -0.2) is 19.4 Å². The zero-order chi connectivity index (χ0) is 97.3. The van der Waals surface area contributed by atoms with Crippen molar-refractivity contribution >= 4 is 93.9 Å². The van der Waals surface area contributed by atoms with Crippen LogP contribution in [0.5, 0.6) is 11.5 Å². The van der Waals surface area contributed by atoms with E-state index in [-0.39, 0.29) is 174 Å². The summed E-state index contributed by atoms with van der Waals surface area (Å²) in [5, 5.41) is 51.4. The molecule has 3 rings (SSSR count). The van der Waals surface area contributed by atoms with Crippen LogP contribution < -0.4 is 59.0 Å². The summed E-state index contributed by atoms with van der Waals surface area (Å²) in [6.07, 6.45) is 29.3. The zero-order valence-electron chi connectivity index (χ0n) is 78.9. The molecule has 3 aromatic rings. The van der Waals surface area contributed by atoms with Gasteiger partial charge in [-0.15, -0.1) is 0 Å². The van der Waals surface area contributed by atoms with Crippen molar-refractivity contribution < 1.29 is 109 Å². The molecular weight excluding hydrogens is 1700 g/mol. The number of Topliss-reactive ketones (excluding diaryl/α,β-unsaturated/α-hetero) is 7. The van der Waals surface area contributed by atoms with Gasteiger partial charge in [0.25, 0.3) is 0 Å². The lowest BCUT2D eigenvalue weighted by Crippen LogP contribution is -2.42. The lowest BCUT2D eigenvalue weighted by molar-refractivity contribution is -0.144. The molecular formula is C99H161N11O22. The Morgan fingerprint density at radius 2 is 0.803 bits per heavy atom. The summed E-state index contributed by atoms with van der Waals surface area (Å²) in [6.45, 7) is 7.09. The molecule has 0 radical (unpaired) electrons. The molecule has 1 heterocycles. The van der Waals surface area contributed by atoms with Gasteiger partial charge < -0.3 is 84.4 Å². The average molecular weight is 1860 g/mol. The second kappa shape index (κ2) is 69.8. The number of aromatic nitrogens is 2. The van der Waals surface area contributed by atoms with Crippen molar-refractivity contribution in [2.75, 3.05) is 39.4 Å². The molecule has 132 heavy (non-hydrogen) atoms. The van der Waals surface area contributed by atoms with E-state index >= 15 is 0 Å². The minimum absolute atomic E-state index is 0. The van der Waals surface area contributed by atoms with Crippen LogP contribution in [0.3, 0.4) is 0 Å². The van der Waals surface area contributed by atoms with Crippen LogP contribution >= 0.6 is 0 Å². The van der Waals surface area contributed by atoms with Crippen molar-refractivity contribution in [2.45, 2.75) is 372 Å². The van der Waals surface area contributed by atoms with Gasteiger partial charge in [0.2, 0.25) is 29.5 Å². The van der Waals surface area contributed by atoms with E-state index < -0.39 is 77.3 Å². The lowest BCUT2D eigenvalue weighted by atomic mass is 9.76. The Bertz CT molecular complexity index is 3950. The van der Waals surface area contributed by atoms with Crippen molar-refractivity contribution in [2.24, 2.45) is 46.1 Å². The van der Waals surface area contributed by atoms with E-state index in [2.05, 4.69) is 36.6 Å². The van der Waals surface area contributed by atoms with Gasteiger partial charge in [0.15, 0.2) is 0 Å². The fraction of sp³-hybridized carbons (Fsp3) is 0.687. The Morgan fingerprint density at radius 3 is 1.26 bits per heavy atom. The summed E-state index contributed by atoms with van der Waals surface area (Å²) in [4.78, 5) is 210. The highest BCUT2D eigenvalue weighted by Crippen LogP contribution is 2.31. The van der Waals surface area contributed by atoms with Crippen LogP contribution in [-0.4, -0.2) is 194 Å². The third kappa shape index (κ3) is 55.5. The van der Waals surface area contributed by atoms with Gasteiger partial charge in [0, 0.05) is 129 Å². The molecule has 0 aliphatic heterocycles. The fourth-order valence-electron chi connectivity index (χ4n) is 15.6. The number of rotatable bonds is 85. The molecule has 0 fully saturated rings. The number of aryl methyl sites for hydroxylation is 1. The molecule has 1 aromatic heterocycles. The molecule has 0 unspecified atom stereocenters. The second-order valence-electron chi connectivity index (χ2n) is 36.1. The number of amides is 5. The number of carboxylic acid groups (broad SMARTS) is 4. The largest absolute Gasteiger partial charge is 0.494 e. The molecule has 0 aliphatic rings. The molecule has 0 saturated heterocycles. The number of aromatic amines is 1. The van der Waals surface area contributed by atoms with Crippen LogP contribution in [0.15, 0.2) is 61.1 Å². The third-order valence-electron chi connectivity index (χ3n) is 24.2. The third-order valence-corrected chi connectivity index (χ3v) is 24.2. The Kier molecular flexibility index (Phi) is 61.4. The minimum atomic E-state index is -1.20. The van der Waals surface area contributed by atoms with Crippen LogP contribution in [0.25, 0.3) is 0 Å². The normalized spacial score (nSPS) is 13.2. The van der Waals surface area contributed by atoms with Gasteiger partial charge in [0.1, 0.15) is 58.0 Å². The van der Waals surface area contributed by atoms with Gasteiger partial charge in [0.05, 0.1) is 60.8 Å². The number of carboxylic acids is 4. The molecule has 0 saturated carbocycles. The van der Waals surface area contributed by atoms with Crippen LogP contribution in [0.4, 0.5) is 0 Å².